The maximum atomic E-state index is 12.4. The van der Waals surface area contributed by atoms with Crippen molar-refractivity contribution in [1.29, 1.82) is 0 Å². The van der Waals surface area contributed by atoms with Crippen LogP contribution in [0.25, 0.3) is 0 Å². The van der Waals surface area contributed by atoms with Gasteiger partial charge >= 0.3 is 0 Å². The van der Waals surface area contributed by atoms with Gasteiger partial charge in [-0.3, -0.25) is 4.79 Å². The molecule has 7 heteroatoms. The van der Waals surface area contributed by atoms with Gasteiger partial charge in [-0.1, -0.05) is 6.42 Å². The molecule has 1 N–H and O–H groups in total. The third kappa shape index (κ3) is 4.71. The van der Waals surface area contributed by atoms with Gasteiger partial charge in [0.05, 0.1) is 27.0 Å². The number of rotatable bonds is 7. The number of carbonyl (C=O) groups excluding carboxylic acids is 1. The van der Waals surface area contributed by atoms with Gasteiger partial charge < -0.3 is 19.5 Å². The number of thiazole rings is 1. The highest BCUT2D eigenvalue weighted by Gasteiger charge is 2.17. The molecule has 1 aromatic heterocycles. The Morgan fingerprint density at radius 3 is 2.44 bits per heavy atom. The Labute approximate surface area is 163 Å². The Hall–Kier alpha value is -2.28. The highest BCUT2D eigenvalue weighted by atomic mass is 32.1. The lowest BCUT2D eigenvalue weighted by atomic mass is 10.1. The zero-order valence-corrected chi connectivity index (χ0v) is 16.9. The SMILES string of the molecule is COc1cc(CCC(=O)Nc2nc3c(s2)CCCCC3)cc(OC)c1OC. The third-order valence-electron chi connectivity index (χ3n) is 4.71. The lowest BCUT2D eigenvalue weighted by molar-refractivity contribution is -0.116. The Bertz CT molecular complexity index is 755. The van der Waals surface area contributed by atoms with Gasteiger partial charge in [0, 0.05) is 11.3 Å². The molecule has 0 aliphatic heterocycles. The minimum atomic E-state index is -0.0346. The lowest BCUT2D eigenvalue weighted by Crippen LogP contribution is -2.12. The van der Waals surface area contributed by atoms with E-state index in [2.05, 4.69) is 10.3 Å². The summed E-state index contributed by atoms with van der Waals surface area (Å²) in [7, 11) is 4.74. The lowest BCUT2D eigenvalue weighted by Gasteiger charge is -2.14. The van der Waals surface area contributed by atoms with Crippen LogP contribution >= 0.6 is 11.3 Å². The van der Waals surface area contributed by atoms with Crippen molar-refractivity contribution in [2.45, 2.75) is 44.9 Å². The second-order valence-corrected chi connectivity index (χ2v) is 7.61. The van der Waals surface area contributed by atoms with Crippen molar-refractivity contribution in [3.63, 3.8) is 0 Å². The molecule has 27 heavy (non-hydrogen) atoms. The second kappa shape index (κ2) is 9.08. The molecule has 0 radical (unpaired) electrons. The van der Waals surface area contributed by atoms with E-state index in [0.29, 0.717) is 30.1 Å². The molecule has 1 aliphatic carbocycles. The van der Waals surface area contributed by atoms with Crippen molar-refractivity contribution in [2.75, 3.05) is 26.6 Å². The molecule has 1 amide bonds. The molecule has 0 fully saturated rings. The minimum Gasteiger partial charge on any atom is -0.493 e. The first-order valence-corrected chi connectivity index (χ1v) is 10.0. The van der Waals surface area contributed by atoms with Crippen molar-refractivity contribution in [3.8, 4) is 17.2 Å². The van der Waals surface area contributed by atoms with Crippen molar-refractivity contribution in [2.24, 2.45) is 0 Å². The fraction of sp³-hybridized carbons (Fsp3) is 0.500. The first kappa shape index (κ1) is 19.5. The summed E-state index contributed by atoms with van der Waals surface area (Å²) in [4.78, 5) is 18.3. The summed E-state index contributed by atoms with van der Waals surface area (Å²) >= 11 is 1.62. The monoisotopic (exact) mass is 390 g/mol. The number of nitrogens with one attached hydrogen (secondary N) is 1. The van der Waals surface area contributed by atoms with Crippen molar-refractivity contribution >= 4 is 22.4 Å². The molecule has 1 heterocycles. The fourth-order valence-corrected chi connectivity index (χ4v) is 4.37. The minimum absolute atomic E-state index is 0.0346. The average Bonchev–Trinajstić information content (AvgIpc) is 2.93. The van der Waals surface area contributed by atoms with E-state index in [-0.39, 0.29) is 5.91 Å². The molecular weight excluding hydrogens is 364 g/mol. The van der Waals surface area contributed by atoms with Crippen LogP contribution < -0.4 is 19.5 Å². The Morgan fingerprint density at radius 2 is 1.78 bits per heavy atom. The summed E-state index contributed by atoms with van der Waals surface area (Å²) < 4.78 is 16.1. The molecule has 0 saturated carbocycles. The number of hydrogen-bond donors (Lipinski definition) is 1. The van der Waals surface area contributed by atoms with Gasteiger partial charge in [-0.2, -0.15) is 0 Å². The number of hydrogen-bond acceptors (Lipinski definition) is 6. The van der Waals surface area contributed by atoms with Crippen LogP contribution in [0.15, 0.2) is 12.1 Å². The van der Waals surface area contributed by atoms with Crippen LogP contribution in [0.2, 0.25) is 0 Å². The topological polar surface area (TPSA) is 69.7 Å². The smallest absolute Gasteiger partial charge is 0.226 e. The van der Waals surface area contributed by atoms with Gasteiger partial charge in [0.25, 0.3) is 0 Å². The normalized spacial score (nSPS) is 13.4. The number of fused-ring (bicyclic) bond motifs is 1. The average molecular weight is 391 g/mol. The van der Waals surface area contributed by atoms with Crippen LogP contribution in [-0.2, 0) is 24.1 Å². The number of amides is 1. The molecule has 146 valence electrons. The number of aryl methyl sites for hydroxylation is 3. The van der Waals surface area contributed by atoms with Crippen molar-refractivity contribution in [3.05, 3.63) is 28.3 Å². The molecule has 2 aromatic rings. The van der Waals surface area contributed by atoms with Crippen LogP contribution in [0, 0.1) is 0 Å². The largest absolute Gasteiger partial charge is 0.493 e. The molecular formula is C20H26N2O4S. The molecule has 0 atom stereocenters. The third-order valence-corrected chi connectivity index (χ3v) is 5.78. The zero-order valence-electron chi connectivity index (χ0n) is 16.1. The second-order valence-electron chi connectivity index (χ2n) is 6.53. The number of aromatic nitrogens is 1. The number of anilines is 1. The van der Waals surface area contributed by atoms with Crippen molar-refractivity contribution in [1.82, 2.24) is 4.98 Å². The van der Waals surface area contributed by atoms with Gasteiger partial charge in [0.1, 0.15) is 0 Å². The summed E-state index contributed by atoms with van der Waals surface area (Å²) in [5, 5.41) is 3.67. The Morgan fingerprint density at radius 1 is 1.07 bits per heavy atom. The molecule has 6 nitrogen and oxygen atoms in total. The van der Waals surface area contributed by atoms with E-state index in [4.69, 9.17) is 14.2 Å². The molecule has 1 aliphatic rings. The van der Waals surface area contributed by atoms with E-state index in [1.807, 2.05) is 12.1 Å². The van der Waals surface area contributed by atoms with Crippen LogP contribution in [-0.4, -0.2) is 32.2 Å². The van der Waals surface area contributed by atoms with E-state index < -0.39 is 0 Å². The van der Waals surface area contributed by atoms with Crippen LogP contribution in [0.5, 0.6) is 17.2 Å². The number of nitrogens with zero attached hydrogens (tertiary/aromatic N) is 1. The van der Waals surface area contributed by atoms with E-state index >= 15 is 0 Å². The van der Waals surface area contributed by atoms with Crippen LogP contribution in [0.3, 0.4) is 0 Å². The summed E-state index contributed by atoms with van der Waals surface area (Å²) in [6.45, 7) is 0. The molecule has 3 rings (SSSR count). The van der Waals surface area contributed by atoms with E-state index in [9.17, 15) is 4.79 Å². The summed E-state index contributed by atoms with van der Waals surface area (Å²) in [5.74, 6) is 1.71. The van der Waals surface area contributed by atoms with Crippen LogP contribution in [0.1, 0.15) is 41.8 Å². The van der Waals surface area contributed by atoms with Crippen LogP contribution in [0.4, 0.5) is 5.13 Å². The van der Waals surface area contributed by atoms with Gasteiger partial charge in [0.2, 0.25) is 11.7 Å². The van der Waals surface area contributed by atoms with E-state index in [1.165, 1.54) is 24.1 Å². The first-order chi connectivity index (χ1) is 13.1. The number of methoxy groups -OCH3 is 3. The highest BCUT2D eigenvalue weighted by Crippen LogP contribution is 2.38. The summed E-state index contributed by atoms with van der Waals surface area (Å²) in [6.07, 6.45) is 6.70. The van der Waals surface area contributed by atoms with Gasteiger partial charge in [-0.05, 0) is 49.8 Å². The molecule has 0 spiro atoms. The van der Waals surface area contributed by atoms with Gasteiger partial charge in [-0.25, -0.2) is 4.98 Å². The first-order valence-electron chi connectivity index (χ1n) is 9.22. The summed E-state index contributed by atoms with van der Waals surface area (Å²) in [5.41, 5.74) is 2.12. The molecule has 0 saturated heterocycles. The zero-order chi connectivity index (χ0) is 19.2. The maximum Gasteiger partial charge on any atom is 0.226 e. The molecule has 1 aromatic carbocycles. The standard InChI is InChI=1S/C20H26N2O4S/c1-24-15-11-13(12-16(25-2)19(15)26-3)9-10-18(23)22-20-21-14-7-5-4-6-8-17(14)27-20/h11-12H,4-10H2,1-3H3,(H,21,22,23). The maximum absolute atomic E-state index is 12.4. The predicted octanol–water partition coefficient (Wildman–Crippen LogP) is 4.01. The number of carbonyl (C=O) groups is 1. The highest BCUT2D eigenvalue weighted by molar-refractivity contribution is 7.15. The van der Waals surface area contributed by atoms with Crippen molar-refractivity contribution < 1.29 is 19.0 Å². The summed E-state index contributed by atoms with van der Waals surface area (Å²) in [6, 6.07) is 3.75. The number of ether oxygens (including phenoxy) is 3. The Kier molecular flexibility index (Phi) is 6.55. The quantitative estimate of drug-likeness (QED) is 0.724. The number of benzene rings is 1. The van der Waals surface area contributed by atoms with E-state index in [0.717, 1.165) is 29.2 Å². The molecule has 0 unspecified atom stereocenters. The van der Waals surface area contributed by atoms with Gasteiger partial charge in [0.15, 0.2) is 16.6 Å². The fourth-order valence-electron chi connectivity index (χ4n) is 3.30. The molecule has 0 bridgehead atoms. The Balaban J connectivity index is 1.62. The van der Waals surface area contributed by atoms with Gasteiger partial charge in [-0.15, -0.1) is 11.3 Å². The van der Waals surface area contributed by atoms with E-state index in [1.54, 1.807) is 32.7 Å². The predicted molar refractivity (Wildman–Crippen MR) is 106 cm³/mol.